The smallest absolute Gasteiger partial charge is 0.416 e. The number of nitrogens with one attached hydrogen (secondary N) is 1. The van der Waals surface area contributed by atoms with Gasteiger partial charge in [-0.25, -0.2) is 8.42 Å². The van der Waals surface area contributed by atoms with Crippen LogP contribution in [0, 0.1) is 0 Å². The van der Waals surface area contributed by atoms with E-state index >= 15 is 0 Å². The summed E-state index contributed by atoms with van der Waals surface area (Å²) in [4.78, 5) is 12.6. The number of carbonyl (C=O) groups excluding carboxylic acids is 1. The normalized spacial score (nSPS) is 17.1. The van der Waals surface area contributed by atoms with Crippen LogP contribution in [0.5, 0.6) is 5.75 Å². The summed E-state index contributed by atoms with van der Waals surface area (Å²) in [5, 5.41) is 2.79. The molecule has 1 aliphatic rings. The molecule has 156 valence electrons. The van der Waals surface area contributed by atoms with E-state index in [4.69, 9.17) is 16.3 Å². The number of sulfonamides is 1. The van der Waals surface area contributed by atoms with Crippen LogP contribution < -0.4 is 14.4 Å². The van der Waals surface area contributed by atoms with E-state index in [9.17, 15) is 26.4 Å². The van der Waals surface area contributed by atoms with Crippen molar-refractivity contribution >= 4 is 38.9 Å². The minimum atomic E-state index is -4.48. The van der Waals surface area contributed by atoms with Gasteiger partial charge in [0, 0.05) is 23.7 Å². The predicted molar refractivity (Wildman–Crippen MR) is 103 cm³/mol. The zero-order valence-electron chi connectivity index (χ0n) is 15.0. The van der Waals surface area contributed by atoms with Gasteiger partial charge in [0.05, 0.1) is 17.5 Å². The molecule has 2 aromatic carbocycles. The van der Waals surface area contributed by atoms with Crippen molar-refractivity contribution in [2.24, 2.45) is 0 Å². The molecule has 0 unspecified atom stereocenters. The lowest BCUT2D eigenvalue weighted by molar-refractivity contribution is -0.137. The first kappa shape index (κ1) is 21.3. The lowest BCUT2D eigenvalue weighted by Gasteiger charge is -2.21. The van der Waals surface area contributed by atoms with E-state index in [0.29, 0.717) is 5.02 Å². The van der Waals surface area contributed by atoms with Gasteiger partial charge in [-0.2, -0.15) is 13.2 Å². The Balaban J connectivity index is 1.81. The Labute approximate surface area is 170 Å². The third kappa shape index (κ3) is 4.94. The number of anilines is 2. The maximum atomic E-state index is 12.6. The highest BCUT2D eigenvalue weighted by molar-refractivity contribution is 7.92. The molecule has 11 heteroatoms. The van der Waals surface area contributed by atoms with Crippen molar-refractivity contribution in [3.8, 4) is 5.75 Å². The van der Waals surface area contributed by atoms with Crippen molar-refractivity contribution in [3.05, 3.63) is 53.1 Å². The average molecular weight is 449 g/mol. The van der Waals surface area contributed by atoms with Crippen LogP contribution in [0.2, 0.25) is 5.02 Å². The lowest BCUT2D eigenvalue weighted by Crippen LogP contribution is -2.36. The molecule has 29 heavy (non-hydrogen) atoms. The zero-order chi connectivity index (χ0) is 21.4. The molecule has 3 rings (SSSR count). The van der Waals surface area contributed by atoms with Crippen molar-refractivity contribution in [2.75, 3.05) is 22.4 Å². The van der Waals surface area contributed by atoms with Crippen LogP contribution >= 0.6 is 11.6 Å². The largest absolute Gasteiger partial charge is 0.478 e. The number of rotatable bonds is 3. The van der Waals surface area contributed by atoms with Gasteiger partial charge in [0.25, 0.3) is 5.91 Å². The molecule has 0 fully saturated rings. The first-order chi connectivity index (χ1) is 13.4. The number of fused-ring (bicyclic) bond motifs is 1. The molecule has 0 saturated carbocycles. The SMILES string of the molecule is CS(=O)(=O)N1CC[C@H](C(=O)Nc2ccc(C(F)(F)F)cc2)Oc2ccc(Cl)cc21. The first-order valence-electron chi connectivity index (χ1n) is 8.37. The van der Waals surface area contributed by atoms with E-state index in [2.05, 4.69) is 5.32 Å². The van der Waals surface area contributed by atoms with Crippen molar-refractivity contribution < 1.29 is 31.1 Å². The van der Waals surface area contributed by atoms with Gasteiger partial charge in [-0.15, -0.1) is 0 Å². The fourth-order valence-electron chi connectivity index (χ4n) is 2.85. The van der Waals surface area contributed by atoms with Gasteiger partial charge in [0.15, 0.2) is 6.10 Å². The molecule has 0 saturated heterocycles. The monoisotopic (exact) mass is 448 g/mol. The van der Waals surface area contributed by atoms with E-state index in [1.807, 2.05) is 0 Å². The Morgan fingerprint density at radius 3 is 2.45 bits per heavy atom. The van der Waals surface area contributed by atoms with Crippen molar-refractivity contribution in [1.82, 2.24) is 0 Å². The first-order valence-corrected chi connectivity index (χ1v) is 10.6. The van der Waals surface area contributed by atoms with Gasteiger partial charge >= 0.3 is 6.18 Å². The number of halogens is 4. The summed E-state index contributed by atoms with van der Waals surface area (Å²) in [7, 11) is -3.65. The van der Waals surface area contributed by atoms with E-state index in [1.165, 1.54) is 18.2 Å². The van der Waals surface area contributed by atoms with Gasteiger partial charge in [0.1, 0.15) is 5.75 Å². The Morgan fingerprint density at radius 1 is 1.21 bits per heavy atom. The number of ether oxygens (including phenoxy) is 1. The molecule has 0 bridgehead atoms. The Kier molecular flexibility index (Phi) is 5.68. The highest BCUT2D eigenvalue weighted by atomic mass is 35.5. The Hall–Kier alpha value is -2.46. The van der Waals surface area contributed by atoms with Gasteiger partial charge in [-0.1, -0.05) is 11.6 Å². The maximum absolute atomic E-state index is 12.6. The number of alkyl halides is 3. The Morgan fingerprint density at radius 2 is 1.86 bits per heavy atom. The van der Waals surface area contributed by atoms with Gasteiger partial charge in [0.2, 0.25) is 10.0 Å². The van der Waals surface area contributed by atoms with Crippen LogP contribution in [0.3, 0.4) is 0 Å². The minimum absolute atomic E-state index is 0.0305. The van der Waals surface area contributed by atoms with E-state index in [-0.39, 0.29) is 30.1 Å². The number of nitrogens with zero attached hydrogens (tertiary/aromatic N) is 1. The molecule has 1 atom stereocenters. The van der Waals surface area contributed by atoms with Gasteiger partial charge < -0.3 is 10.1 Å². The second kappa shape index (κ2) is 7.75. The summed E-state index contributed by atoms with van der Waals surface area (Å²) in [6, 6.07) is 8.35. The fourth-order valence-corrected chi connectivity index (χ4v) is 3.95. The molecule has 6 nitrogen and oxygen atoms in total. The zero-order valence-corrected chi connectivity index (χ0v) is 16.6. The van der Waals surface area contributed by atoms with Crippen LogP contribution in [-0.2, 0) is 21.0 Å². The average Bonchev–Trinajstić information content (AvgIpc) is 2.80. The molecule has 1 amide bonds. The number of hydrogen-bond donors (Lipinski definition) is 1. The van der Waals surface area contributed by atoms with Crippen molar-refractivity contribution in [2.45, 2.75) is 18.7 Å². The number of carbonyl (C=O) groups is 1. The molecule has 2 aromatic rings. The van der Waals surface area contributed by atoms with Crippen LogP contribution in [0.1, 0.15) is 12.0 Å². The quantitative estimate of drug-likeness (QED) is 0.772. The highest BCUT2D eigenvalue weighted by Gasteiger charge is 2.32. The molecule has 1 aliphatic heterocycles. The standard InChI is InChI=1S/C18H16ClF3N2O4S/c1-29(26,27)24-9-8-16(28-15-7-4-12(19)10-14(15)24)17(25)23-13-5-2-11(3-6-13)18(20,21)22/h2-7,10,16H,8-9H2,1H3,(H,23,25)/t16-/m1/s1. The third-order valence-corrected chi connectivity index (χ3v) is 5.64. The number of hydrogen-bond acceptors (Lipinski definition) is 4. The highest BCUT2D eigenvalue weighted by Crippen LogP contribution is 2.36. The molecular formula is C18H16ClF3N2O4S. The van der Waals surface area contributed by atoms with Crippen LogP contribution in [0.15, 0.2) is 42.5 Å². The van der Waals surface area contributed by atoms with Crippen molar-refractivity contribution in [1.29, 1.82) is 0 Å². The second-order valence-electron chi connectivity index (χ2n) is 6.41. The molecule has 0 spiro atoms. The third-order valence-electron chi connectivity index (χ3n) is 4.23. The second-order valence-corrected chi connectivity index (χ2v) is 8.75. The topological polar surface area (TPSA) is 75.7 Å². The summed E-state index contributed by atoms with van der Waals surface area (Å²) < 4.78 is 69.0. The summed E-state index contributed by atoms with van der Waals surface area (Å²) in [5.74, 6) is -0.453. The summed E-state index contributed by atoms with van der Waals surface area (Å²) >= 11 is 5.96. The fraction of sp³-hybridized carbons (Fsp3) is 0.278. The van der Waals surface area contributed by atoms with E-state index in [1.54, 1.807) is 0 Å². The minimum Gasteiger partial charge on any atom is -0.478 e. The van der Waals surface area contributed by atoms with Crippen molar-refractivity contribution in [3.63, 3.8) is 0 Å². The van der Waals surface area contributed by atoms with Gasteiger partial charge in [-0.05, 0) is 42.5 Å². The lowest BCUT2D eigenvalue weighted by atomic mass is 10.2. The van der Waals surface area contributed by atoms with Crippen LogP contribution in [0.4, 0.5) is 24.5 Å². The molecule has 1 heterocycles. The van der Waals surface area contributed by atoms with Crippen LogP contribution in [-0.4, -0.2) is 33.2 Å². The predicted octanol–water partition coefficient (Wildman–Crippen LogP) is 3.91. The van der Waals surface area contributed by atoms with E-state index in [0.717, 1.165) is 34.8 Å². The Bertz CT molecular complexity index is 1030. The van der Waals surface area contributed by atoms with Gasteiger partial charge in [-0.3, -0.25) is 9.10 Å². The molecule has 0 aromatic heterocycles. The summed E-state index contributed by atoms with van der Waals surface area (Å²) in [5.41, 5.74) is -0.465. The maximum Gasteiger partial charge on any atom is 0.416 e. The van der Waals surface area contributed by atoms with E-state index < -0.39 is 33.8 Å². The molecule has 0 radical (unpaired) electrons. The molecular weight excluding hydrogens is 433 g/mol. The number of benzene rings is 2. The summed E-state index contributed by atoms with van der Waals surface area (Å²) in [6.07, 6.45) is -4.47. The van der Waals surface area contributed by atoms with Crippen LogP contribution in [0.25, 0.3) is 0 Å². The molecule has 0 aliphatic carbocycles. The molecule has 1 N–H and O–H groups in total. The number of amides is 1. The summed E-state index contributed by atoms with van der Waals surface area (Å²) in [6.45, 7) is -0.0305.